The van der Waals surface area contributed by atoms with E-state index in [0.717, 1.165) is 37.8 Å². The molecule has 4 nitrogen and oxygen atoms in total. The minimum absolute atomic E-state index is 0.0789. The molecule has 0 heterocycles. The third-order valence-corrected chi connectivity index (χ3v) is 4.86. The summed E-state index contributed by atoms with van der Waals surface area (Å²) >= 11 is 0. The van der Waals surface area contributed by atoms with Gasteiger partial charge in [-0.1, -0.05) is 19.3 Å². The van der Waals surface area contributed by atoms with Crippen LogP contribution in [0.3, 0.4) is 0 Å². The highest BCUT2D eigenvalue weighted by atomic mass is 32.2. The predicted molar refractivity (Wildman–Crippen MR) is 72.0 cm³/mol. The van der Waals surface area contributed by atoms with Gasteiger partial charge in [-0.25, -0.2) is 12.8 Å². The van der Waals surface area contributed by atoms with Crippen LogP contribution < -0.4 is 4.72 Å². The fourth-order valence-corrected chi connectivity index (χ4v) is 3.98. The molecule has 0 spiro atoms. The Morgan fingerprint density at radius 2 is 1.95 bits per heavy atom. The first-order valence-electron chi connectivity index (χ1n) is 6.45. The SMILES string of the molecule is O=S(=O)(CC1CCCCC1)Nc1ccc(O)c(F)c1. The zero-order chi connectivity index (χ0) is 13.9. The van der Waals surface area contributed by atoms with E-state index >= 15 is 0 Å². The molecule has 0 aromatic heterocycles. The smallest absolute Gasteiger partial charge is 0.232 e. The van der Waals surface area contributed by atoms with Crippen LogP contribution in [0.2, 0.25) is 0 Å². The minimum atomic E-state index is -3.46. The molecule has 2 N–H and O–H groups in total. The van der Waals surface area contributed by atoms with Gasteiger partial charge < -0.3 is 5.11 Å². The lowest BCUT2D eigenvalue weighted by Crippen LogP contribution is -2.24. The Labute approximate surface area is 112 Å². The Hall–Kier alpha value is -1.30. The van der Waals surface area contributed by atoms with Gasteiger partial charge in [0.1, 0.15) is 0 Å². The predicted octanol–water partition coefficient (Wildman–Crippen LogP) is 2.85. The molecular formula is C13H18FNO3S. The molecule has 0 unspecified atom stereocenters. The molecule has 106 valence electrons. The Bertz CT molecular complexity index is 539. The molecule has 0 bridgehead atoms. The van der Waals surface area contributed by atoms with Crippen LogP contribution in [-0.2, 0) is 10.0 Å². The largest absolute Gasteiger partial charge is 0.505 e. The number of rotatable bonds is 4. The van der Waals surface area contributed by atoms with Gasteiger partial charge in [-0.2, -0.15) is 0 Å². The fourth-order valence-electron chi connectivity index (χ4n) is 2.46. The second-order valence-corrected chi connectivity index (χ2v) is 6.82. The molecule has 0 saturated heterocycles. The van der Waals surface area contributed by atoms with Crippen LogP contribution in [0.25, 0.3) is 0 Å². The van der Waals surface area contributed by atoms with E-state index in [-0.39, 0.29) is 17.4 Å². The van der Waals surface area contributed by atoms with Crippen molar-refractivity contribution < 1.29 is 17.9 Å². The van der Waals surface area contributed by atoms with E-state index in [9.17, 15) is 12.8 Å². The van der Waals surface area contributed by atoms with Gasteiger partial charge in [0.15, 0.2) is 11.6 Å². The van der Waals surface area contributed by atoms with Crippen molar-refractivity contribution in [3.63, 3.8) is 0 Å². The highest BCUT2D eigenvalue weighted by molar-refractivity contribution is 7.92. The van der Waals surface area contributed by atoms with Crippen LogP contribution in [0.15, 0.2) is 18.2 Å². The summed E-state index contributed by atoms with van der Waals surface area (Å²) in [6.45, 7) is 0. The zero-order valence-electron chi connectivity index (χ0n) is 10.6. The van der Waals surface area contributed by atoms with Crippen molar-refractivity contribution in [2.24, 2.45) is 5.92 Å². The second-order valence-electron chi connectivity index (χ2n) is 5.05. The number of anilines is 1. The van der Waals surface area contributed by atoms with Crippen LogP contribution >= 0.6 is 0 Å². The van der Waals surface area contributed by atoms with E-state index < -0.39 is 21.6 Å². The summed E-state index contributed by atoms with van der Waals surface area (Å²) in [6.07, 6.45) is 5.20. The number of aromatic hydroxyl groups is 1. The van der Waals surface area contributed by atoms with Crippen molar-refractivity contribution in [2.75, 3.05) is 10.5 Å². The van der Waals surface area contributed by atoms with E-state index in [1.165, 1.54) is 12.5 Å². The molecule has 1 saturated carbocycles. The molecule has 1 aliphatic rings. The number of phenols is 1. The number of hydrogen-bond acceptors (Lipinski definition) is 3. The van der Waals surface area contributed by atoms with Crippen LogP contribution in [0.1, 0.15) is 32.1 Å². The average molecular weight is 287 g/mol. The second kappa shape index (κ2) is 5.77. The first-order valence-corrected chi connectivity index (χ1v) is 8.10. The van der Waals surface area contributed by atoms with E-state index in [1.54, 1.807) is 0 Å². The molecule has 6 heteroatoms. The number of sulfonamides is 1. The van der Waals surface area contributed by atoms with Crippen LogP contribution in [0.5, 0.6) is 5.75 Å². The summed E-state index contributed by atoms with van der Waals surface area (Å²) in [4.78, 5) is 0. The van der Waals surface area contributed by atoms with Gasteiger partial charge in [-0.05, 0) is 30.9 Å². The molecule has 19 heavy (non-hydrogen) atoms. The molecule has 0 atom stereocenters. The fraction of sp³-hybridized carbons (Fsp3) is 0.538. The van der Waals surface area contributed by atoms with Crippen LogP contribution in [0, 0.1) is 11.7 Å². The molecule has 1 aliphatic carbocycles. The van der Waals surface area contributed by atoms with Crippen LogP contribution in [0.4, 0.5) is 10.1 Å². The van der Waals surface area contributed by atoms with Crippen molar-refractivity contribution >= 4 is 15.7 Å². The Kier molecular flexibility index (Phi) is 4.29. The quantitative estimate of drug-likeness (QED) is 0.837. The van der Waals surface area contributed by atoms with Gasteiger partial charge in [0, 0.05) is 6.07 Å². The summed E-state index contributed by atoms with van der Waals surface area (Å²) in [5.41, 5.74) is 0.145. The maximum Gasteiger partial charge on any atom is 0.232 e. The van der Waals surface area contributed by atoms with Gasteiger partial charge in [0.2, 0.25) is 10.0 Å². The Morgan fingerprint density at radius 3 is 2.58 bits per heavy atom. The topological polar surface area (TPSA) is 66.4 Å². The zero-order valence-corrected chi connectivity index (χ0v) is 11.4. The third kappa shape index (κ3) is 4.09. The maximum absolute atomic E-state index is 13.1. The number of hydrogen-bond donors (Lipinski definition) is 2. The summed E-state index contributed by atoms with van der Waals surface area (Å²) in [6, 6.07) is 3.46. The van der Waals surface area contributed by atoms with Crippen molar-refractivity contribution in [1.82, 2.24) is 0 Å². The molecule has 0 radical (unpaired) electrons. The van der Waals surface area contributed by atoms with E-state index in [1.807, 2.05) is 0 Å². The Morgan fingerprint density at radius 1 is 1.26 bits per heavy atom. The van der Waals surface area contributed by atoms with E-state index in [2.05, 4.69) is 4.72 Å². The van der Waals surface area contributed by atoms with Crippen LogP contribution in [-0.4, -0.2) is 19.3 Å². The van der Waals surface area contributed by atoms with Crippen molar-refractivity contribution in [3.05, 3.63) is 24.0 Å². The maximum atomic E-state index is 13.1. The number of phenolic OH excluding ortho intramolecular Hbond substituents is 1. The van der Waals surface area contributed by atoms with Crippen molar-refractivity contribution in [2.45, 2.75) is 32.1 Å². The number of benzene rings is 1. The molecule has 2 rings (SSSR count). The third-order valence-electron chi connectivity index (χ3n) is 3.40. The monoisotopic (exact) mass is 287 g/mol. The standard InChI is InChI=1S/C13H18FNO3S/c14-12-8-11(6-7-13(12)16)15-19(17,18)9-10-4-2-1-3-5-10/h6-8,10,15-16H,1-5,9H2. The lowest BCUT2D eigenvalue weighted by Gasteiger charge is -2.21. The summed E-state index contributed by atoms with van der Waals surface area (Å²) in [7, 11) is -3.46. The van der Waals surface area contributed by atoms with Gasteiger partial charge in [0.25, 0.3) is 0 Å². The minimum Gasteiger partial charge on any atom is -0.505 e. The summed E-state index contributed by atoms with van der Waals surface area (Å²) < 4.78 is 39.4. The van der Waals surface area contributed by atoms with Gasteiger partial charge >= 0.3 is 0 Å². The van der Waals surface area contributed by atoms with Gasteiger partial charge in [-0.15, -0.1) is 0 Å². The summed E-state index contributed by atoms with van der Waals surface area (Å²) in [5.74, 6) is -1.06. The highest BCUT2D eigenvalue weighted by Crippen LogP contribution is 2.26. The number of halogens is 1. The average Bonchev–Trinajstić information content (AvgIpc) is 2.34. The molecule has 0 amide bonds. The Balaban J connectivity index is 2.01. The molecular weight excluding hydrogens is 269 g/mol. The van der Waals surface area contributed by atoms with Gasteiger partial charge in [0.05, 0.1) is 11.4 Å². The van der Waals surface area contributed by atoms with Crippen molar-refractivity contribution in [3.8, 4) is 5.75 Å². The molecule has 1 aromatic rings. The number of nitrogens with one attached hydrogen (secondary N) is 1. The lowest BCUT2D eigenvalue weighted by atomic mass is 9.91. The van der Waals surface area contributed by atoms with E-state index in [0.29, 0.717) is 0 Å². The lowest BCUT2D eigenvalue weighted by molar-refractivity contribution is 0.385. The highest BCUT2D eigenvalue weighted by Gasteiger charge is 2.21. The van der Waals surface area contributed by atoms with Gasteiger partial charge in [-0.3, -0.25) is 4.72 Å². The van der Waals surface area contributed by atoms with E-state index in [4.69, 9.17) is 5.11 Å². The first kappa shape index (κ1) is 14.1. The first-order chi connectivity index (χ1) is 8.96. The summed E-state index contributed by atoms with van der Waals surface area (Å²) in [5, 5.41) is 9.05. The molecule has 1 aromatic carbocycles. The van der Waals surface area contributed by atoms with Crippen molar-refractivity contribution in [1.29, 1.82) is 0 Å². The normalized spacial score (nSPS) is 17.3. The molecule has 0 aliphatic heterocycles. The molecule has 1 fully saturated rings.